The summed E-state index contributed by atoms with van der Waals surface area (Å²) in [5, 5.41) is 0.889. The lowest BCUT2D eigenvalue weighted by Crippen LogP contribution is -2.56. The molecule has 44 heavy (non-hydrogen) atoms. The maximum absolute atomic E-state index is 13.6. The van der Waals surface area contributed by atoms with Gasteiger partial charge < -0.3 is 9.88 Å². The number of ketones is 1. The molecular formula is C32H28F7N3O2. The summed E-state index contributed by atoms with van der Waals surface area (Å²) in [6.07, 6.45) is -7.42. The van der Waals surface area contributed by atoms with E-state index >= 15 is 0 Å². The Kier molecular flexibility index (Phi) is 8.83. The molecule has 5 rings (SSSR count). The van der Waals surface area contributed by atoms with Gasteiger partial charge in [0.05, 0.1) is 11.1 Å². The van der Waals surface area contributed by atoms with Crippen LogP contribution in [0.4, 0.5) is 30.7 Å². The Morgan fingerprint density at radius 2 is 1.50 bits per heavy atom. The number of aromatic amines is 1. The summed E-state index contributed by atoms with van der Waals surface area (Å²) in [6.45, 7) is 1.14. The van der Waals surface area contributed by atoms with Crippen LogP contribution in [0.5, 0.6) is 0 Å². The molecule has 0 spiro atoms. The molecule has 0 saturated carbocycles. The van der Waals surface area contributed by atoms with E-state index in [1.807, 2.05) is 29.2 Å². The minimum Gasteiger partial charge on any atom is -0.361 e. The first-order valence-electron chi connectivity index (χ1n) is 14.0. The maximum atomic E-state index is 13.6. The molecule has 1 amide bonds. The number of Topliss-reactive ketones (excluding diaryl/α,β-unsaturated/α-hetero) is 1. The van der Waals surface area contributed by atoms with Crippen molar-refractivity contribution in [2.24, 2.45) is 0 Å². The van der Waals surface area contributed by atoms with Crippen LogP contribution in [0.2, 0.25) is 0 Å². The smallest absolute Gasteiger partial charge is 0.361 e. The third-order valence-electron chi connectivity index (χ3n) is 7.84. The van der Waals surface area contributed by atoms with E-state index in [-0.39, 0.29) is 24.8 Å². The minimum absolute atomic E-state index is 0.00533. The fraction of sp³-hybridized carbons (Fsp3) is 0.312. The van der Waals surface area contributed by atoms with Gasteiger partial charge in [-0.25, -0.2) is 4.39 Å². The number of halogens is 7. The van der Waals surface area contributed by atoms with Crippen molar-refractivity contribution in [1.82, 2.24) is 14.8 Å². The van der Waals surface area contributed by atoms with Gasteiger partial charge in [-0.3, -0.25) is 14.5 Å². The Bertz CT molecular complexity index is 1610. The molecular weight excluding hydrogens is 591 g/mol. The van der Waals surface area contributed by atoms with Gasteiger partial charge in [-0.15, -0.1) is 0 Å². The highest BCUT2D eigenvalue weighted by atomic mass is 19.4. The van der Waals surface area contributed by atoms with Crippen LogP contribution in [-0.2, 0) is 18.8 Å². The number of alkyl halides is 6. The van der Waals surface area contributed by atoms with Crippen molar-refractivity contribution >= 4 is 22.6 Å². The number of benzene rings is 3. The van der Waals surface area contributed by atoms with Crippen molar-refractivity contribution in [1.29, 1.82) is 0 Å². The van der Waals surface area contributed by atoms with Gasteiger partial charge in [0.1, 0.15) is 5.82 Å². The van der Waals surface area contributed by atoms with Gasteiger partial charge in [0, 0.05) is 60.3 Å². The molecule has 12 heteroatoms. The van der Waals surface area contributed by atoms with Gasteiger partial charge in [0.15, 0.2) is 5.78 Å². The predicted octanol–water partition coefficient (Wildman–Crippen LogP) is 7.38. The number of hydrogen-bond acceptors (Lipinski definition) is 3. The van der Waals surface area contributed by atoms with E-state index in [1.165, 1.54) is 29.2 Å². The van der Waals surface area contributed by atoms with Gasteiger partial charge >= 0.3 is 12.4 Å². The molecule has 0 radical (unpaired) electrons. The minimum atomic E-state index is -5.08. The topological polar surface area (TPSA) is 56.4 Å². The lowest BCUT2D eigenvalue weighted by molar-refractivity contribution is -0.143. The van der Waals surface area contributed by atoms with Crippen LogP contribution < -0.4 is 0 Å². The summed E-state index contributed by atoms with van der Waals surface area (Å²) < 4.78 is 94.4. The number of para-hydroxylation sites is 1. The molecule has 2 heterocycles. The normalized spacial score (nSPS) is 16.4. The zero-order chi connectivity index (χ0) is 31.6. The molecule has 0 unspecified atom stereocenters. The quantitative estimate of drug-likeness (QED) is 0.166. The predicted molar refractivity (Wildman–Crippen MR) is 150 cm³/mol. The highest BCUT2D eigenvalue weighted by molar-refractivity contribution is 5.96. The van der Waals surface area contributed by atoms with E-state index in [0.29, 0.717) is 50.2 Å². The number of nitrogens with zero attached hydrogens (tertiary/aromatic N) is 2. The first kappa shape index (κ1) is 31.2. The van der Waals surface area contributed by atoms with Crippen molar-refractivity contribution in [3.63, 3.8) is 0 Å². The lowest BCUT2D eigenvalue weighted by Gasteiger charge is -2.42. The molecule has 1 saturated heterocycles. The first-order chi connectivity index (χ1) is 20.8. The van der Waals surface area contributed by atoms with Gasteiger partial charge in [-0.05, 0) is 73.5 Å². The van der Waals surface area contributed by atoms with Gasteiger partial charge in [-0.1, -0.05) is 18.2 Å². The number of nitrogens with one attached hydrogen (secondary N) is 1. The van der Waals surface area contributed by atoms with E-state index < -0.39 is 46.8 Å². The number of carbonyl (C=O) groups excluding carboxylic acids is 2. The number of H-pyrrole nitrogens is 1. The molecule has 1 aliphatic rings. The highest BCUT2D eigenvalue weighted by Gasteiger charge is 2.39. The van der Waals surface area contributed by atoms with Crippen LogP contribution >= 0.6 is 0 Å². The van der Waals surface area contributed by atoms with Crippen LogP contribution in [0.15, 0.2) is 72.9 Å². The second-order valence-electron chi connectivity index (χ2n) is 10.8. The van der Waals surface area contributed by atoms with Gasteiger partial charge in [0.2, 0.25) is 0 Å². The Labute approximate surface area is 248 Å². The number of hydrogen-bond donors (Lipinski definition) is 1. The molecule has 5 nitrogen and oxygen atoms in total. The molecule has 232 valence electrons. The van der Waals surface area contributed by atoms with Crippen molar-refractivity contribution in [2.45, 2.75) is 37.7 Å². The summed E-state index contributed by atoms with van der Waals surface area (Å²) in [6, 6.07) is 13.1. The van der Waals surface area contributed by atoms with Crippen LogP contribution in [0, 0.1) is 5.82 Å². The Balaban J connectivity index is 1.37. The van der Waals surface area contributed by atoms with E-state index in [1.54, 1.807) is 6.20 Å². The fourth-order valence-corrected chi connectivity index (χ4v) is 5.61. The second-order valence-corrected chi connectivity index (χ2v) is 10.8. The van der Waals surface area contributed by atoms with Crippen LogP contribution in [0.25, 0.3) is 10.9 Å². The van der Waals surface area contributed by atoms with E-state index in [9.17, 15) is 40.3 Å². The maximum Gasteiger partial charge on any atom is 0.416 e. The molecule has 1 atom stereocenters. The Hall–Kier alpha value is -4.19. The number of carbonyl (C=O) groups is 2. The molecule has 1 aliphatic heterocycles. The number of piperazine rings is 1. The average molecular weight is 620 g/mol. The molecule has 0 bridgehead atoms. The fourth-order valence-electron chi connectivity index (χ4n) is 5.61. The Morgan fingerprint density at radius 3 is 2.16 bits per heavy atom. The average Bonchev–Trinajstić information content (AvgIpc) is 3.39. The summed E-state index contributed by atoms with van der Waals surface area (Å²) >= 11 is 0. The summed E-state index contributed by atoms with van der Waals surface area (Å²) in [5.74, 6) is -1.52. The summed E-state index contributed by atoms with van der Waals surface area (Å²) in [7, 11) is 0. The zero-order valence-corrected chi connectivity index (χ0v) is 23.3. The van der Waals surface area contributed by atoms with Gasteiger partial charge in [-0.2, -0.15) is 26.3 Å². The lowest BCUT2D eigenvalue weighted by atomic mass is 9.98. The number of fused-ring (bicyclic) bond motifs is 1. The van der Waals surface area contributed by atoms with Crippen LogP contribution in [-0.4, -0.2) is 58.7 Å². The molecule has 3 aromatic carbocycles. The monoisotopic (exact) mass is 619 g/mol. The standard InChI is InChI=1S/C32H28F7N3O2/c33-25-9-7-20(8-10-25)29(43)6-3-11-41-12-13-42(26(19-41)16-22-18-40-28-5-2-1-4-27(22)28)30(44)21-14-23(31(34,35)36)17-24(15-21)32(37,38)39/h1-2,4-5,7-10,14-15,17-18,26,40H,3,6,11-13,16,19H2/t26-/m1/s1. The van der Waals surface area contributed by atoms with Crippen molar-refractivity contribution in [3.8, 4) is 0 Å². The second kappa shape index (κ2) is 12.4. The van der Waals surface area contributed by atoms with Crippen molar-refractivity contribution in [3.05, 3.63) is 107 Å². The number of amides is 1. The summed E-state index contributed by atoms with van der Waals surface area (Å²) in [5.41, 5.74) is -1.70. The summed E-state index contributed by atoms with van der Waals surface area (Å²) in [4.78, 5) is 32.7. The molecule has 1 fully saturated rings. The number of aromatic nitrogens is 1. The van der Waals surface area contributed by atoms with Crippen LogP contribution in [0.1, 0.15) is 50.2 Å². The molecule has 0 aliphatic carbocycles. The molecule has 1 aromatic heterocycles. The van der Waals surface area contributed by atoms with E-state index in [0.717, 1.165) is 16.5 Å². The van der Waals surface area contributed by atoms with Crippen LogP contribution in [0.3, 0.4) is 0 Å². The zero-order valence-electron chi connectivity index (χ0n) is 23.3. The third-order valence-corrected chi connectivity index (χ3v) is 7.84. The number of rotatable bonds is 8. The first-order valence-corrected chi connectivity index (χ1v) is 14.0. The van der Waals surface area contributed by atoms with Gasteiger partial charge in [0.25, 0.3) is 5.91 Å². The van der Waals surface area contributed by atoms with E-state index in [2.05, 4.69) is 4.98 Å². The van der Waals surface area contributed by atoms with Crippen molar-refractivity contribution < 1.29 is 40.3 Å². The Morgan fingerprint density at radius 1 is 0.841 bits per heavy atom. The van der Waals surface area contributed by atoms with Crippen molar-refractivity contribution in [2.75, 3.05) is 26.2 Å². The molecule has 1 N–H and O–H groups in total. The molecule has 4 aromatic rings. The largest absolute Gasteiger partial charge is 0.416 e. The highest BCUT2D eigenvalue weighted by Crippen LogP contribution is 2.37. The van der Waals surface area contributed by atoms with E-state index in [4.69, 9.17) is 0 Å². The third kappa shape index (κ3) is 7.12. The SMILES string of the molecule is O=C(CCCN1CCN(C(=O)c2cc(C(F)(F)F)cc(C(F)(F)F)c2)[C@H](Cc2c[nH]c3ccccc23)C1)c1ccc(F)cc1.